The minimum absolute atomic E-state index is 0.233. The second-order valence-electron chi connectivity index (χ2n) is 6.71. The van der Waals surface area contributed by atoms with Gasteiger partial charge in [0.25, 0.3) is 5.91 Å². The molecule has 1 amide bonds. The molecular weight excluding hydrogens is 410 g/mol. The fourth-order valence-electron chi connectivity index (χ4n) is 3.44. The highest BCUT2D eigenvalue weighted by atomic mass is 35.5. The van der Waals surface area contributed by atoms with Gasteiger partial charge in [-0.2, -0.15) is 0 Å². The minimum Gasteiger partial charge on any atom is -0.492 e. The minimum atomic E-state index is -1.88. The zero-order valence-electron chi connectivity index (χ0n) is 15.4. The van der Waals surface area contributed by atoms with Crippen molar-refractivity contribution < 1.29 is 19.4 Å². The van der Waals surface area contributed by atoms with E-state index >= 15 is 0 Å². The number of ether oxygens (including phenoxy) is 1. The molecule has 1 N–H and O–H groups in total. The molecule has 0 fully saturated rings. The maximum absolute atomic E-state index is 13.1. The number of carbonyl (C=O) groups excluding carboxylic acids is 2. The number of aliphatic hydroxyl groups is 1. The van der Waals surface area contributed by atoms with Gasteiger partial charge in [-0.05, 0) is 41.8 Å². The number of amides is 1. The molecule has 0 radical (unpaired) electrons. The molecule has 0 spiro atoms. The van der Waals surface area contributed by atoms with Gasteiger partial charge in [0.05, 0.1) is 23.5 Å². The Labute approximate surface area is 177 Å². The first kappa shape index (κ1) is 19.6. The lowest BCUT2D eigenvalue weighted by Gasteiger charge is -2.22. The fraction of sp³-hybridized carbons (Fsp3) is 0.182. The highest BCUT2D eigenvalue weighted by molar-refractivity contribution is 7.12. The van der Waals surface area contributed by atoms with Gasteiger partial charge in [0.15, 0.2) is 11.4 Å². The molecule has 7 heteroatoms. The average molecular weight is 428 g/mol. The largest absolute Gasteiger partial charge is 0.492 e. The summed E-state index contributed by atoms with van der Waals surface area (Å²) in [6.45, 7) is 0.477. The average Bonchev–Trinajstić information content (AvgIpc) is 3.33. The number of para-hydroxylation sites is 1. The Bertz CT molecular complexity index is 1040. The van der Waals surface area contributed by atoms with E-state index in [1.807, 2.05) is 0 Å². The molecule has 4 rings (SSSR count). The van der Waals surface area contributed by atoms with Crippen LogP contribution in [0, 0.1) is 0 Å². The SMILES string of the molecule is O=C(CC1(O)C(=O)N(CCOc2ccc(Cl)cc2)c2ccccc21)c1cccs1. The van der Waals surface area contributed by atoms with Crippen LogP contribution in [-0.2, 0) is 10.4 Å². The number of nitrogens with zero attached hydrogens (tertiary/aromatic N) is 1. The van der Waals surface area contributed by atoms with E-state index in [0.29, 0.717) is 26.9 Å². The van der Waals surface area contributed by atoms with Gasteiger partial charge < -0.3 is 14.7 Å². The zero-order valence-corrected chi connectivity index (χ0v) is 16.9. The summed E-state index contributed by atoms with van der Waals surface area (Å²) in [6.07, 6.45) is -0.294. The van der Waals surface area contributed by atoms with Gasteiger partial charge in [0, 0.05) is 10.6 Å². The second-order valence-corrected chi connectivity index (χ2v) is 8.10. The summed E-state index contributed by atoms with van der Waals surface area (Å²) in [5.41, 5.74) is -0.835. The number of hydrogen-bond donors (Lipinski definition) is 1. The topological polar surface area (TPSA) is 66.8 Å². The van der Waals surface area contributed by atoms with Gasteiger partial charge in [0.2, 0.25) is 0 Å². The number of benzene rings is 2. The lowest BCUT2D eigenvalue weighted by Crippen LogP contribution is -2.43. The number of anilines is 1. The molecule has 1 atom stereocenters. The van der Waals surface area contributed by atoms with E-state index in [1.165, 1.54) is 16.2 Å². The normalized spacial score (nSPS) is 18.0. The third-order valence-corrected chi connectivity index (χ3v) is 6.01. The number of rotatable bonds is 7. The molecule has 2 heterocycles. The molecule has 29 heavy (non-hydrogen) atoms. The van der Waals surface area contributed by atoms with Gasteiger partial charge in [-0.15, -0.1) is 11.3 Å². The summed E-state index contributed by atoms with van der Waals surface area (Å²) in [5.74, 6) is -0.134. The summed E-state index contributed by atoms with van der Waals surface area (Å²) >= 11 is 7.17. The van der Waals surface area contributed by atoms with Crippen LogP contribution >= 0.6 is 22.9 Å². The van der Waals surface area contributed by atoms with E-state index in [-0.39, 0.29) is 25.4 Å². The van der Waals surface area contributed by atoms with E-state index in [9.17, 15) is 14.7 Å². The molecule has 0 bridgehead atoms. The third-order valence-electron chi connectivity index (χ3n) is 4.85. The van der Waals surface area contributed by atoms with Crippen LogP contribution in [0.5, 0.6) is 5.75 Å². The van der Waals surface area contributed by atoms with E-state index in [1.54, 1.807) is 66.0 Å². The van der Waals surface area contributed by atoms with Crippen molar-refractivity contribution in [2.75, 3.05) is 18.1 Å². The van der Waals surface area contributed by atoms with Gasteiger partial charge in [-0.1, -0.05) is 35.9 Å². The monoisotopic (exact) mass is 427 g/mol. The maximum atomic E-state index is 13.1. The summed E-state index contributed by atoms with van der Waals surface area (Å²) < 4.78 is 5.70. The number of Topliss-reactive ketones (excluding diaryl/α,β-unsaturated/α-hetero) is 1. The Morgan fingerprint density at radius 1 is 1.10 bits per heavy atom. The molecule has 0 saturated carbocycles. The molecule has 0 saturated heterocycles. The lowest BCUT2D eigenvalue weighted by atomic mass is 9.89. The van der Waals surface area contributed by atoms with E-state index < -0.39 is 11.5 Å². The Kier molecular flexibility index (Phi) is 5.41. The smallest absolute Gasteiger partial charge is 0.264 e. The van der Waals surface area contributed by atoms with E-state index in [0.717, 1.165) is 0 Å². The Morgan fingerprint density at radius 3 is 2.59 bits per heavy atom. The molecule has 1 unspecified atom stereocenters. The van der Waals surface area contributed by atoms with Crippen LogP contribution in [0.1, 0.15) is 21.7 Å². The predicted octanol–water partition coefficient (Wildman–Crippen LogP) is 4.29. The van der Waals surface area contributed by atoms with Crippen LogP contribution in [0.4, 0.5) is 5.69 Å². The van der Waals surface area contributed by atoms with Gasteiger partial charge in [-0.25, -0.2) is 0 Å². The Balaban J connectivity index is 1.52. The Hall–Kier alpha value is -2.67. The van der Waals surface area contributed by atoms with Gasteiger partial charge >= 0.3 is 0 Å². The summed E-state index contributed by atoms with van der Waals surface area (Å²) in [6, 6.07) is 17.4. The van der Waals surface area contributed by atoms with Crippen LogP contribution in [-0.4, -0.2) is 29.9 Å². The third kappa shape index (κ3) is 3.79. The zero-order chi connectivity index (χ0) is 20.4. The molecule has 5 nitrogen and oxygen atoms in total. The number of fused-ring (bicyclic) bond motifs is 1. The van der Waals surface area contributed by atoms with Gasteiger partial charge in [0.1, 0.15) is 12.4 Å². The maximum Gasteiger partial charge on any atom is 0.264 e. The van der Waals surface area contributed by atoms with Gasteiger partial charge in [-0.3, -0.25) is 9.59 Å². The second kappa shape index (κ2) is 7.99. The van der Waals surface area contributed by atoms with Crippen LogP contribution in [0.3, 0.4) is 0 Å². The predicted molar refractivity (Wildman–Crippen MR) is 113 cm³/mol. The summed E-state index contributed by atoms with van der Waals surface area (Å²) in [4.78, 5) is 27.7. The highest BCUT2D eigenvalue weighted by Gasteiger charge is 2.50. The molecule has 148 valence electrons. The van der Waals surface area contributed by atoms with Crippen molar-refractivity contribution in [3.63, 3.8) is 0 Å². The van der Waals surface area contributed by atoms with E-state index in [2.05, 4.69) is 0 Å². The van der Waals surface area contributed by atoms with E-state index in [4.69, 9.17) is 16.3 Å². The quantitative estimate of drug-likeness (QED) is 0.571. The first-order chi connectivity index (χ1) is 14.0. The molecule has 1 aromatic heterocycles. The highest BCUT2D eigenvalue weighted by Crippen LogP contribution is 2.42. The van der Waals surface area contributed by atoms with Crippen molar-refractivity contribution in [1.82, 2.24) is 0 Å². The summed E-state index contributed by atoms with van der Waals surface area (Å²) in [7, 11) is 0. The van der Waals surface area contributed by atoms with Crippen molar-refractivity contribution in [1.29, 1.82) is 0 Å². The molecular formula is C22H18ClNO4S. The molecule has 1 aliphatic rings. The first-order valence-electron chi connectivity index (χ1n) is 9.08. The number of ketones is 1. The summed E-state index contributed by atoms with van der Waals surface area (Å²) in [5, 5.41) is 13.6. The van der Waals surface area contributed by atoms with Crippen molar-refractivity contribution in [3.05, 3.63) is 81.5 Å². The fourth-order valence-corrected chi connectivity index (χ4v) is 4.23. The molecule has 1 aliphatic heterocycles. The van der Waals surface area contributed by atoms with Crippen LogP contribution in [0.25, 0.3) is 0 Å². The number of carbonyl (C=O) groups is 2. The van der Waals surface area contributed by atoms with Crippen LogP contribution in [0.2, 0.25) is 5.02 Å². The molecule has 0 aliphatic carbocycles. The van der Waals surface area contributed by atoms with Crippen LogP contribution in [0.15, 0.2) is 66.0 Å². The Morgan fingerprint density at radius 2 is 1.86 bits per heavy atom. The number of hydrogen-bond acceptors (Lipinski definition) is 5. The lowest BCUT2D eigenvalue weighted by molar-refractivity contribution is -0.135. The van der Waals surface area contributed by atoms with Crippen LogP contribution < -0.4 is 9.64 Å². The molecule has 3 aromatic rings. The van der Waals surface area contributed by atoms with Crippen molar-refractivity contribution in [3.8, 4) is 5.75 Å². The van der Waals surface area contributed by atoms with Crippen molar-refractivity contribution in [2.24, 2.45) is 0 Å². The van der Waals surface area contributed by atoms with Crippen molar-refractivity contribution >= 4 is 40.3 Å². The van der Waals surface area contributed by atoms with Crippen molar-refractivity contribution in [2.45, 2.75) is 12.0 Å². The first-order valence-corrected chi connectivity index (χ1v) is 10.3. The number of thiophene rings is 1. The molecule has 2 aromatic carbocycles. The number of halogens is 1. The standard InChI is InChI=1S/C22H18ClNO4S/c23-15-7-9-16(10-8-15)28-12-11-24-18-5-2-1-4-17(18)22(27,21(24)26)14-19(25)20-6-3-13-29-20/h1-10,13,27H,11-12,14H2.